The zero-order chi connectivity index (χ0) is 18.5. The molecule has 2 aliphatic rings. The first-order chi connectivity index (χ1) is 12.5. The number of piperidine rings is 1. The minimum atomic E-state index is -0.483. The number of carbonyl (C=O) groups excluding carboxylic acids is 2. The zero-order valence-corrected chi connectivity index (χ0v) is 16.0. The summed E-state index contributed by atoms with van der Waals surface area (Å²) in [6, 6.07) is 2.30. The van der Waals surface area contributed by atoms with Crippen LogP contribution in [0.2, 0.25) is 0 Å². The van der Waals surface area contributed by atoms with Gasteiger partial charge in [0.15, 0.2) is 0 Å². The molecule has 1 saturated carbocycles. The van der Waals surface area contributed by atoms with Crippen LogP contribution in [0.25, 0.3) is 0 Å². The Morgan fingerprint density at radius 2 is 1.81 bits per heavy atom. The second kappa shape index (κ2) is 8.71. The average molecular weight is 361 g/mol. The highest BCUT2D eigenvalue weighted by Crippen LogP contribution is 2.21. The second-order valence-electron chi connectivity index (χ2n) is 7.82. The van der Waals surface area contributed by atoms with Crippen LogP contribution in [-0.2, 0) is 16.1 Å². The smallest absolute Gasteiger partial charge is 0.309 e. The first-order valence-corrected chi connectivity index (χ1v) is 9.88. The Labute approximate surface area is 155 Å². The van der Waals surface area contributed by atoms with E-state index in [9.17, 15) is 9.59 Å². The Bertz CT molecular complexity index is 626. The van der Waals surface area contributed by atoms with E-state index in [0.29, 0.717) is 12.5 Å². The lowest BCUT2D eigenvalue weighted by atomic mass is 9.96. The Kier molecular flexibility index (Phi) is 6.35. The maximum atomic E-state index is 12.0. The van der Waals surface area contributed by atoms with E-state index in [-0.39, 0.29) is 6.04 Å². The maximum absolute atomic E-state index is 12.0. The molecule has 2 amide bonds. The first-order valence-electron chi connectivity index (χ1n) is 9.88. The summed E-state index contributed by atoms with van der Waals surface area (Å²) in [7, 11) is 0. The van der Waals surface area contributed by atoms with Gasteiger partial charge < -0.3 is 15.1 Å². The minimum Gasteiger partial charge on any atom is -0.466 e. The molecule has 3 rings (SSSR count). The molecular formula is C20H31N3O3. The lowest BCUT2D eigenvalue weighted by molar-refractivity contribution is -0.139. The molecular weight excluding hydrogens is 330 g/mol. The van der Waals surface area contributed by atoms with Crippen LogP contribution < -0.4 is 10.6 Å². The molecule has 2 N–H and O–H groups in total. The van der Waals surface area contributed by atoms with Gasteiger partial charge in [-0.05, 0) is 64.6 Å². The van der Waals surface area contributed by atoms with Crippen LogP contribution in [0.1, 0.15) is 55.6 Å². The molecule has 2 heterocycles. The third-order valence-electron chi connectivity index (χ3n) is 5.69. The highest BCUT2D eigenvalue weighted by molar-refractivity contribution is 6.35. The van der Waals surface area contributed by atoms with Gasteiger partial charge in [-0.3, -0.25) is 14.5 Å². The largest absolute Gasteiger partial charge is 0.466 e. The quantitative estimate of drug-likeness (QED) is 0.789. The van der Waals surface area contributed by atoms with E-state index in [1.807, 2.05) is 13.8 Å². The van der Waals surface area contributed by atoms with Gasteiger partial charge in [-0.15, -0.1) is 0 Å². The topological polar surface area (TPSA) is 74.6 Å². The molecule has 26 heavy (non-hydrogen) atoms. The number of amides is 2. The van der Waals surface area contributed by atoms with Gasteiger partial charge in [0.05, 0.1) is 0 Å². The predicted molar refractivity (Wildman–Crippen MR) is 99.6 cm³/mol. The number of nitrogens with one attached hydrogen (secondary N) is 2. The normalized spacial score (nSPS) is 19.6. The van der Waals surface area contributed by atoms with E-state index in [0.717, 1.165) is 69.7 Å². The summed E-state index contributed by atoms with van der Waals surface area (Å²) in [5.41, 5.74) is 1.26. The van der Waals surface area contributed by atoms with Crippen LogP contribution in [0.4, 0.5) is 0 Å². The van der Waals surface area contributed by atoms with Crippen LogP contribution in [0, 0.1) is 19.8 Å². The molecule has 1 saturated heterocycles. The minimum absolute atomic E-state index is 0.187. The fourth-order valence-electron chi connectivity index (χ4n) is 4.07. The van der Waals surface area contributed by atoms with Gasteiger partial charge in [-0.25, -0.2) is 0 Å². The molecule has 1 aliphatic heterocycles. The molecule has 1 aromatic rings. The highest BCUT2D eigenvalue weighted by atomic mass is 16.3. The van der Waals surface area contributed by atoms with E-state index in [2.05, 4.69) is 21.6 Å². The van der Waals surface area contributed by atoms with E-state index in [1.54, 1.807) is 0 Å². The number of hydrogen-bond donors (Lipinski definition) is 2. The maximum Gasteiger partial charge on any atom is 0.309 e. The Morgan fingerprint density at radius 3 is 2.42 bits per heavy atom. The van der Waals surface area contributed by atoms with Gasteiger partial charge in [0.25, 0.3) is 0 Å². The monoisotopic (exact) mass is 361 g/mol. The fourth-order valence-corrected chi connectivity index (χ4v) is 4.07. The number of carbonyl (C=O) groups is 2. The van der Waals surface area contributed by atoms with Crippen LogP contribution in [0.5, 0.6) is 0 Å². The summed E-state index contributed by atoms with van der Waals surface area (Å²) in [6.07, 6.45) is 6.35. The van der Waals surface area contributed by atoms with E-state index < -0.39 is 11.8 Å². The van der Waals surface area contributed by atoms with Gasteiger partial charge in [0, 0.05) is 24.7 Å². The van der Waals surface area contributed by atoms with E-state index in [4.69, 9.17) is 4.42 Å². The second-order valence-corrected chi connectivity index (χ2v) is 7.82. The number of hydrogen-bond acceptors (Lipinski definition) is 4. The van der Waals surface area contributed by atoms with Crippen molar-refractivity contribution in [3.05, 3.63) is 23.2 Å². The van der Waals surface area contributed by atoms with Crippen LogP contribution in [0.3, 0.4) is 0 Å². The summed E-state index contributed by atoms with van der Waals surface area (Å²) in [4.78, 5) is 26.3. The van der Waals surface area contributed by atoms with Crippen molar-refractivity contribution in [2.45, 2.75) is 65.0 Å². The third-order valence-corrected chi connectivity index (χ3v) is 5.69. The van der Waals surface area contributed by atoms with Crippen molar-refractivity contribution in [3.8, 4) is 0 Å². The predicted octanol–water partition coefficient (Wildman–Crippen LogP) is 2.28. The molecule has 0 atom stereocenters. The van der Waals surface area contributed by atoms with Gasteiger partial charge in [0.1, 0.15) is 11.5 Å². The molecule has 0 spiro atoms. The molecule has 0 unspecified atom stereocenters. The van der Waals surface area contributed by atoms with Crippen molar-refractivity contribution in [2.24, 2.45) is 5.92 Å². The van der Waals surface area contributed by atoms with Gasteiger partial charge in [-0.2, -0.15) is 0 Å². The van der Waals surface area contributed by atoms with Crippen molar-refractivity contribution < 1.29 is 14.0 Å². The summed E-state index contributed by atoms with van der Waals surface area (Å²) >= 11 is 0. The van der Waals surface area contributed by atoms with E-state index >= 15 is 0 Å². The average Bonchev–Trinajstić information content (AvgIpc) is 3.23. The molecule has 0 bridgehead atoms. The first kappa shape index (κ1) is 19.0. The SMILES string of the molecule is Cc1cc(CN2CCC(CNC(=O)C(=O)NC3CCCC3)CC2)c(C)o1. The molecule has 0 aromatic carbocycles. The summed E-state index contributed by atoms with van der Waals surface area (Å²) in [5.74, 6) is 1.46. The Morgan fingerprint density at radius 1 is 1.12 bits per heavy atom. The van der Waals surface area contributed by atoms with Crippen molar-refractivity contribution in [1.29, 1.82) is 0 Å². The van der Waals surface area contributed by atoms with Gasteiger partial charge in [-0.1, -0.05) is 12.8 Å². The van der Waals surface area contributed by atoms with Gasteiger partial charge >= 0.3 is 11.8 Å². The van der Waals surface area contributed by atoms with Crippen LogP contribution in [0.15, 0.2) is 10.5 Å². The fraction of sp³-hybridized carbons (Fsp3) is 0.700. The van der Waals surface area contributed by atoms with Crippen molar-refractivity contribution in [2.75, 3.05) is 19.6 Å². The number of nitrogens with zero attached hydrogens (tertiary/aromatic N) is 1. The summed E-state index contributed by atoms with van der Waals surface area (Å²) in [5, 5.41) is 5.66. The number of rotatable bonds is 5. The molecule has 1 aliphatic carbocycles. The highest BCUT2D eigenvalue weighted by Gasteiger charge is 2.24. The Balaban J connectivity index is 1.35. The standard InChI is InChI=1S/C20H31N3O3/c1-14-11-17(15(2)26-14)13-23-9-7-16(8-10-23)12-21-19(24)20(25)22-18-5-3-4-6-18/h11,16,18H,3-10,12-13H2,1-2H3,(H,21,24)(H,22,25). The van der Waals surface area contributed by atoms with Crippen LogP contribution >= 0.6 is 0 Å². The molecule has 6 nitrogen and oxygen atoms in total. The van der Waals surface area contributed by atoms with E-state index in [1.165, 1.54) is 5.56 Å². The van der Waals surface area contributed by atoms with Crippen molar-refractivity contribution >= 4 is 11.8 Å². The van der Waals surface area contributed by atoms with Crippen molar-refractivity contribution in [1.82, 2.24) is 15.5 Å². The van der Waals surface area contributed by atoms with Crippen LogP contribution in [-0.4, -0.2) is 42.4 Å². The number of furan rings is 1. The molecule has 144 valence electrons. The molecule has 6 heteroatoms. The summed E-state index contributed by atoms with van der Waals surface area (Å²) < 4.78 is 5.60. The number of aryl methyl sites for hydroxylation is 2. The lowest BCUT2D eigenvalue weighted by Gasteiger charge is -2.31. The number of likely N-dealkylation sites (tertiary alicyclic amines) is 1. The molecule has 0 radical (unpaired) electrons. The van der Waals surface area contributed by atoms with Crippen molar-refractivity contribution in [3.63, 3.8) is 0 Å². The molecule has 1 aromatic heterocycles. The lowest BCUT2D eigenvalue weighted by Crippen LogP contribution is -2.46. The zero-order valence-electron chi connectivity index (χ0n) is 16.0. The van der Waals surface area contributed by atoms with Gasteiger partial charge in [0.2, 0.25) is 0 Å². The molecule has 2 fully saturated rings. The Hall–Kier alpha value is -1.82. The summed E-state index contributed by atoms with van der Waals surface area (Å²) in [6.45, 7) is 7.53. The third kappa shape index (κ3) is 5.10.